The van der Waals surface area contributed by atoms with E-state index < -0.39 is 6.10 Å². The third-order valence-electron chi connectivity index (χ3n) is 10.8. The predicted molar refractivity (Wildman–Crippen MR) is 279 cm³/mol. The lowest BCUT2D eigenvalue weighted by Crippen LogP contribution is -2.30. The second kappa shape index (κ2) is 53.9. The number of unbranched alkanes of at least 4 members (excludes halogenated alkanes) is 18. The lowest BCUT2D eigenvalue weighted by atomic mass is 10.1. The fourth-order valence-electron chi connectivity index (χ4n) is 6.90. The average Bonchev–Trinajstić information content (AvgIpc) is 3.30. The molecule has 0 saturated carbocycles. The van der Waals surface area contributed by atoms with Gasteiger partial charge in [0.2, 0.25) is 0 Å². The molecular formula is C59H98O5. The molecule has 364 valence electrons. The monoisotopic (exact) mass is 887 g/mol. The van der Waals surface area contributed by atoms with Gasteiger partial charge in [0, 0.05) is 19.4 Å². The molecule has 0 saturated heterocycles. The number of allylic oxidation sites excluding steroid dienone is 18. The van der Waals surface area contributed by atoms with Crippen LogP contribution in [0, 0.1) is 0 Å². The highest BCUT2D eigenvalue weighted by atomic mass is 16.6. The van der Waals surface area contributed by atoms with Gasteiger partial charge in [0.15, 0.2) is 6.10 Å². The van der Waals surface area contributed by atoms with Crippen LogP contribution in [0.15, 0.2) is 109 Å². The quantitative estimate of drug-likeness (QED) is 0.0346. The van der Waals surface area contributed by atoms with Gasteiger partial charge in [0.05, 0.1) is 6.61 Å². The van der Waals surface area contributed by atoms with Crippen molar-refractivity contribution >= 4 is 11.9 Å². The highest BCUT2D eigenvalue weighted by Crippen LogP contribution is 2.13. The minimum atomic E-state index is -0.569. The van der Waals surface area contributed by atoms with Gasteiger partial charge in [-0.3, -0.25) is 9.59 Å². The number of hydrogen-bond acceptors (Lipinski definition) is 5. The fourth-order valence-corrected chi connectivity index (χ4v) is 6.90. The maximum Gasteiger partial charge on any atom is 0.306 e. The zero-order chi connectivity index (χ0) is 46.3. The molecule has 0 aromatic carbocycles. The van der Waals surface area contributed by atoms with Crippen LogP contribution in [0.5, 0.6) is 0 Å². The minimum Gasteiger partial charge on any atom is -0.462 e. The molecule has 0 aliphatic heterocycles. The number of carbonyl (C=O) groups is 2. The van der Waals surface area contributed by atoms with Crippen LogP contribution in [0.3, 0.4) is 0 Å². The molecule has 0 spiro atoms. The highest BCUT2D eigenvalue weighted by molar-refractivity contribution is 5.70. The Morgan fingerprint density at radius 3 is 1.12 bits per heavy atom. The van der Waals surface area contributed by atoms with E-state index in [0.717, 1.165) is 122 Å². The number of rotatable bonds is 47. The predicted octanol–water partition coefficient (Wildman–Crippen LogP) is 18.0. The van der Waals surface area contributed by atoms with E-state index in [1.165, 1.54) is 70.6 Å². The van der Waals surface area contributed by atoms with Crippen LogP contribution in [0.2, 0.25) is 0 Å². The smallest absolute Gasteiger partial charge is 0.306 e. The Labute approximate surface area is 395 Å². The molecule has 0 radical (unpaired) electrons. The summed E-state index contributed by atoms with van der Waals surface area (Å²) in [6.45, 7) is 7.49. The zero-order valence-corrected chi connectivity index (χ0v) is 41.8. The summed E-state index contributed by atoms with van der Waals surface area (Å²) in [5.74, 6) is -0.449. The van der Waals surface area contributed by atoms with E-state index in [1.807, 2.05) is 0 Å². The van der Waals surface area contributed by atoms with E-state index in [-0.39, 0.29) is 25.2 Å². The molecule has 0 aliphatic carbocycles. The Morgan fingerprint density at radius 1 is 0.359 bits per heavy atom. The van der Waals surface area contributed by atoms with Gasteiger partial charge in [-0.25, -0.2) is 0 Å². The second-order valence-electron chi connectivity index (χ2n) is 17.0. The van der Waals surface area contributed by atoms with E-state index >= 15 is 0 Å². The van der Waals surface area contributed by atoms with Gasteiger partial charge in [-0.2, -0.15) is 0 Å². The summed E-state index contributed by atoms with van der Waals surface area (Å²) in [5.41, 5.74) is 0. The van der Waals surface area contributed by atoms with Gasteiger partial charge in [0.1, 0.15) is 6.61 Å². The SMILES string of the molecule is CC/C=C\C/C=C\C/C=C\CCCCCCCC(=O)OC(COCCCCCC/C=C\C/C=C\C/C=C\CC)COC(=O)CCCCCCCC/C=C\C/C=C\C/C=C\CCCCC. The lowest BCUT2D eigenvalue weighted by Gasteiger charge is -2.18. The normalized spacial score (nSPS) is 13.1. The van der Waals surface area contributed by atoms with Crippen LogP contribution in [0.25, 0.3) is 0 Å². The number of hydrogen-bond donors (Lipinski definition) is 0. The molecule has 0 rings (SSSR count). The maximum atomic E-state index is 12.8. The molecule has 0 fully saturated rings. The molecule has 0 bridgehead atoms. The van der Waals surface area contributed by atoms with Gasteiger partial charge < -0.3 is 14.2 Å². The standard InChI is InChI=1S/C59H98O5/c1-4-7-10-13-16-19-22-25-28-29-30-31-33-34-37-40-43-46-49-52-58(60)63-56-57(55-62-54-51-48-45-42-39-36-27-24-21-18-15-12-9-6-3)64-59(61)53-50-47-44-41-38-35-32-26-23-20-17-14-11-8-5-2/h8-9,11-12,16-21,25-28,30-32,36,57H,4-7,10,13-15,22-24,29,33-35,37-56H2,1-3H3/b11-8-,12-9-,19-16-,20-17-,21-18-,28-25-,31-30-,32-26-,36-27-. The number of carbonyl (C=O) groups excluding carboxylic acids is 2. The minimum absolute atomic E-state index is 0.0558. The topological polar surface area (TPSA) is 61.8 Å². The molecule has 1 unspecified atom stereocenters. The van der Waals surface area contributed by atoms with E-state index in [9.17, 15) is 9.59 Å². The molecule has 0 heterocycles. The third kappa shape index (κ3) is 51.2. The number of ether oxygens (including phenoxy) is 3. The molecule has 5 heteroatoms. The summed E-state index contributed by atoms with van der Waals surface area (Å²) < 4.78 is 17.4. The second-order valence-corrected chi connectivity index (χ2v) is 17.0. The Bertz CT molecular complexity index is 1280. The first kappa shape index (κ1) is 60.6. The first-order chi connectivity index (χ1) is 31.6. The summed E-state index contributed by atoms with van der Waals surface area (Å²) in [6.07, 6.45) is 73.8. The van der Waals surface area contributed by atoms with E-state index in [1.54, 1.807) is 0 Å². The Balaban J connectivity index is 4.36. The fraction of sp³-hybridized carbons (Fsp3) is 0.661. The van der Waals surface area contributed by atoms with Crippen molar-refractivity contribution in [2.75, 3.05) is 19.8 Å². The first-order valence-electron chi connectivity index (χ1n) is 26.4. The molecule has 0 N–H and O–H groups in total. The summed E-state index contributed by atoms with van der Waals surface area (Å²) in [7, 11) is 0. The largest absolute Gasteiger partial charge is 0.462 e. The highest BCUT2D eigenvalue weighted by Gasteiger charge is 2.17. The van der Waals surface area contributed by atoms with E-state index in [2.05, 4.69) is 130 Å². The zero-order valence-electron chi connectivity index (χ0n) is 41.8. The molecule has 0 aromatic rings. The summed E-state index contributed by atoms with van der Waals surface area (Å²) in [6, 6.07) is 0. The van der Waals surface area contributed by atoms with Gasteiger partial charge >= 0.3 is 11.9 Å². The summed E-state index contributed by atoms with van der Waals surface area (Å²) in [5, 5.41) is 0. The van der Waals surface area contributed by atoms with Crippen LogP contribution < -0.4 is 0 Å². The van der Waals surface area contributed by atoms with Crippen LogP contribution >= 0.6 is 0 Å². The van der Waals surface area contributed by atoms with Crippen molar-refractivity contribution in [3.8, 4) is 0 Å². The van der Waals surface area contributed by atoms with E-state index in [4.69, 9.17) is 14.2 Å². The lowest BCUT2D eigenvalue weighted by molar-refractivity contribution is -0.163. The van der Waals surface area contributed by atoms with Crippen LogP contribution in [-0.2, 0) is 23.8 Å². The van der Waals surface area contributed by atoms with Crippen LogP contribution in [0.4, 0.5) is 0 Å². The van der Waals surface area contributed by atoms with Crippen molar-refractivity contribution in [2.24, 2.45) is 0 Å². The van der Waals surface area contributed by atoms with Gasteiger partial charge in [-0.1, -0.05) is 201 Å². The van der Waals surface area contributed by atoms with Crippen molar-refractivity contribution in [3.05, 3.63) is 109 Å². The van der Waals surface area contributed by atoms with E-state index in [0.29, 0.717) is 19.4 Å². The average molecular weight is 887 g/mol. The van der Waals surface area contributed by atoms with Crippen LogP contribution in [0.1, 0.15) is 226 Å². The Hall–Kier alpha value is -3.44. The van der Waals surface area contributed by atoms with Crippen molar-refractivity contribution in [1.29, 1.82) is 0 Å². The van der Waals surface area contributed by atoms with Gasteiger partial charge in [-0.05, 0) is 122 Å². The third-order valence-corrected chi connectivity index (χ3v) is 10.8. The maximum absolute atomic E-state index is 12.8. The molecule has 5 nitrogen and oxygen atoms in total. The Kier molecular flexibility index (Phi) is 51.0. The van der Waals surface area contributed by atoms with Gasteiger partial charge in [-0.15, -0.1) is 0 Å². The van der Waals surface area contributed by atoms with Crippen molar-refractivity contribution in [1.82, 2.24) is 0 Å². The van der Waals surface area contributed by atoms with Crippen molar-refractivity contribution in [3.63, 3.8) is 0 Å². The first-order valence-corrected chi connectivity index (χ1v) is 26.4. The van der Waals surface area contributed by atoms with Crippen molar-refractivity contribution < 1.29 is 23.8 Å². The molecule has 1 atom stereocenters. The molecule has 64 heavy (non-hydrogen) atoms. The molecular weight excluding hydrogens is 789 g/mol. The molecule has 0 amide bonds. The molecule has 0 aliphatic rings. The number of esters is 2. The summed E-state index contributed by atoms with van der Waals surface area (Å²) in [4.78, 5) is 25.4. The Morgan fingerprint density at radius 2 is 0.703 bits per heavy atom. The van der Waals surface area contributed by atoms with Gasteiger partial charge in [0.25, 0.3) is 0 Å². The molecule has 0 aromatic heterocycles. The summed E-state index contributed by atoms with van der Waals surface area (Å²) >= 11 is 0. The van der Waals surface area contributed by atoms with Crippen molar-refractivity contribution in [2.45, 2.75) is 232 Å². The van der Waals surface area contributed by atoms with Crippen LogP contribution in [-0.4, -0.2) is 37.9 Å².